The maximum atomic E-state index is 10.0. The molecule has 0 bridgehead atoms. The molecule has 1 aliphatic rings. The summed E-state index contributed by atoms with van der Waals surface area (Å²) in [5.41, 5.74) is 0. The molecule has 0 amide bonds. The Morgan fingerprint density at radius 2 is 2.57 bits per heavy atom. The Morgan fingerprint density at radius 3 is 2.57 bits per heavy atom. The third kappa shape index (κ3) is 0.752. The Bertz CT molecular complexity index is 124. The van der Waals surface area contributed by atoms with Gasteiger partial charge in [-0.3, -0.25) is 0 Å². The minimum Gasteiger partial charge on any atom is -0.212 e. The van der Waals surface area contributed by atoms with Gasteiger partial charge in [-0.15, -0.1) is 0 Å². The van der Waals surface area contributed by atoms with E-state index in [0.29, 0.717) is 17.2 Å². The van der Waals surface area contributed by atoms with Crippen LogP contribution in [0, 0.1) is 5.92 Å². The summed E-state index contributed by atoms with van der Waals surface area (Å²) in [7, 11) is 0. The Labute approximate surface area is 46.8 Å². The van der Waals surface area contributed by atoms with Gasteiger partial charge in [-0.05, 0) is 18.8 Å². The number of rotatable bonds is 0. The summed E-state index contributed by atoms with van der Waals surface area (Å²) in [6, 6.07) is 0. The van der Waals surface area contributed by atoms with E-state index in [4.69, 9.17) is 0 Å². The molecule has 1 saturated carbocycles. The van der Waals surface area contributed by atoms with E-state index in [1.807, 2.05) is 0 Å². The molecular formula is C5H8OS. The molecule has 0 saturated heterocycles. The van der Waals surface area contributed by atoms with Crippen LogP contribution in [0.3, 0.4) is 0 Å². The monoisotopic (exact) mass is 116 g/mol. The molecule has 0 heterocycles. The van der Waals surface area contributed by atoms with Gasteiger partial charge in [0, 0.05) is 4.86 Å². The second-order valence-electron chi connectivity index (χ2n) is 1.99. The van der Waals surface area contributed by atoms with Crippen LogP contribution in [0.1, 0.15) is 19.8 Å². The highest BCUT2D eigenvalue weighted by atomic mass is 32.1. The maximum Gasteiger partial charge on any atom is 0.0878 e. The summed E-state index contributed by atoms with van der Waals surface area (Å²) in [5.74, 6) is 0.613. The number of hydrogen-bond donors (Lipinski definition) is 0. The van der Waals surface area contributed by atoms with Crippen molar-refractivity contribution in [2.24, 2.45) is 5.92 Å². The summed E-state index contributed by atoms with van der Waals surface area (Å²) in [5, 5.41) is 0. The fourth-order valence-electron chi connectivity index (χ4n) is 0.675. The van der Waals surface area contributed by atoms with Gasteiger partial charge in [-0.2, -0.15) is 0 Å². The average Bonchev–Trinajstić information content (AvgIpc) is 1.65. The highest BCUT2D eigenvalue weighted by molar-refractivity contribution is 7.66. The lowest BCUT2D eigenvalue weighted by molar-refractivity contribution is 0.617. The first-order chi connectivity index (χ1) is 3.34. The predicted molar refractivity (Wildman–Crippen MR) is 31.5 cm³/mol. The minimum atomic E-state index is 0.613. The molecule has 0 aromatic heterocycles. The third-order valence-corrected chi connectivity index (χ3v) is 2.30. The summed E-state index contributed by atoms with van der Waals surface area (Å²) in [6.45, 7) is 2.10. The van der Waals surface area contributed by atoms with Crippen molar-refractivity contribution in [2.45, 2.75) is 19.8 Å². The first-order valence-corrected chi connectivity index (χ1v) is 3.24. The lowest BCUT2D eigenvalue weighted by atomic mass is 9.87. The van der Waals surface area contributed by atoms with Gasteiger partial charge >= 0.3 is 0 Å². The van der Waals surface area contributed by atoms with Crippen LogP contribution in [0.15, 0.2) is 0 Å². The van der Waals surface area contributed by atoms with Crippen molar-refractivity contribution in [1.29, 1.82) is 0 Å². The van der Waals surface area contributed by atoms with E-state index >= 15 is 0 Å². The standard InChI is InChI=1S/C5H8OS/c1-4-2-3-5(4)7-6/h4H,2-3H2,1H3. The minimum absolute atomic E-state index is 0.613. The molecule has 1 rings (SSSR count). The van der Waals surface area contributed by atoms with Gasteiger partial charge in [-0.25, -0.2) is 4.21 Å². The molecule has 2 heteroatoms. The van der Waals surface area contributed by atoms with Gasteiger partial charge in [0.05, 0.1) is 11.3 Å². The Morgan fingerprint density at radius 1 is 1.86 bits per heavy atom. The zero-order valence-electron chi connectivity index (χ0n) is 4.31. The molecule has 1 aliphatic carbocycles. The first kappa shape index (κ1) is 5.04. The summed E-state index contributed by atoms with van der Waals surface area (Å²) < 4.78 is 10.0. The van der Waals surface area contributed by atoms with Crippen LogP contribution in [0.25, 0.3) is 0 Å². The van der Waals surface area contributed by atoms with Gasteiger partial charge < -0.3 is 0 Å². The molecule has 0 N–H and O–H groups in total. The van der Waals surface area contributed by atoms with Crippen molar-refractivity contribution in [3.05, 3.63) is 0 Å². The summed E-state index contributed by atoms with van der Waals surface area (Å²) in [6.07, 6.45) is 2.29. The van der Waals surface area contributed by atoms with Gasteiger partial charge in [0.1, 0.15) is 0 Å². The van der Waals surface area contributed by atoms with E-state index in [2.05, 4.69) is 6.92 Å². The molecule has 7 heavy (non-hydrogen) atoms. The first-order valence-electron chi connectivity index (χ1n) is 2.50. The molecule has 1 atom stereocenters. The van der Waals surface area contributed by atoms with E-state index in [-0.39, 0.29) is 0 Å². The molecule has 1 fully saturated rings. The van der Waals surface area contributed by atoms with Crippen LogP contribution < -0.4 is 0 Å². The van der Waals surface area contributed by atoms with Gasteiger partial charge in [0.15, 0.2) is 0 Å². The lowest BCUT2D eigenvalue weighted by Gasteiger charge is -2.20. The predicted octanol–water partition coefficient (Wildman–Crippen LogP) is 0.802. The fourth-order valence-corrected chi connectivity index (χ4v) is 1.16. The van der Waals surface area contributed by atoms with Crippen LogP contribution in [0.2, 0.25) is 0 Å². The lowest BCUT2D eigenvalue weighted by Crippen LogP contribution is -2.21. The molecule has 1 unspecified atom stereocenters. The van der Waals surface area contributed by atoms with Crippen molar-refractivity contribution in [3.8, 4) is 0 Å². The van der Waals surface area contributed by atoms with Crippen LogP contribution in [-0.4, -0.2) is 9.07 Å². The summed E-state index contributed by atoms with van der Waals surface area (Å²) >= 11 is 0.686. The topological polar surface area (TPSA) is 17.1 Å². The largest absolute Gasteiger partial charge is 0.212 e. The van der Waals surface area contributed by atoms with E-state index in [0.717, 1.165) is 11.3 Å². The van der Waals surface area contributed by atoms with Crippen LogP contribution >= 0.6 is 0 Å². The highest BCUT2D eigenvalue weighted by Crippen LogP contribution is 2.20. The molecule has 0 aliphatic heterocycles. The molecule has 40 valence electrons. The maximum absolute atomic E-state index is 10.0. The van der Waals surface area contributed by atoms with Crippen LogP contribution in [0.5, 0.6) is 0 Å². The van der Waals surface area contributed by atoms with Crippen LogP contribution in [0.4, 0.5) is 0 Å². The molecule has 0 aromatic carbocycles. The van der Waals surface area contributed by atoms with Crippen molar-refractivity contribution >= 4 is 16.1 Å². The highest BCUT2D eigenvalue weighted by Gasteiger charge is 2.19. The number of hydrogen-bond acceptors (Lipinski definition) is 1. The summed E-state index contributed by atoms with van der Waals surface area (Å²) in [4.78, 5) is 1.14. The molecule has 0 aromatic rings. The SMILES string of the molecule is CC1CCC1=S=O. The van der Waals surface area contributed by atoms with Gasteiger partial charge in [-0.1, -0.05) is 6.92 Å². The molecule has 1 nitrogen and oxygen atoms in total. The van der Waals surface area contributed by atoms with Crippen molar-refractivity contribution < 1.29 is 4.21 Å². The van der Waals surface area contributed by atoms with Gasteiger partial charge in [0.25, 0.3) is 0 Å². The molecule has 0 spiro atoms. The Hall–Kier alpha value is -0.110. The molecular weight excluding hydrogens is 108 g/mol. The van der Waals surface area contributed by atoms with E-state index in [9.17, 15) is 4.21 Å². The second kappa shape index (κ2) is 1.78. The van der Waals surface area contributed by atoms with Crippen LogP contribution in [-0.2, 0) is 11.3 Å². The fraction of sp³-hybridized carbons (Fsp3) is 0.800. The quantitative estimate of drug-likeness (QED) is 0.428. The Balaban J connectivity index is 2.60. The Kier molecular flexibility index (Phi) is 1.28. The third-order valence-electron chi connectivity index (χ3n) is 1.48. The van der Waals surface area contributed by atoms with Crippen molar-refractivity contribution in [1.82, 2.24) is 0 Å². The molecule has 0 radical (unpaired) electrons. The average molecular weight is 116 g/mol. The second-order valence-corrected chi connectivity index (χ2v) is 2.68. The van der Waals surface area contributed by atoms with E-state index in [1.54, 1.807) is 0 Å². The van der Waals surface area contributed by atoms with Crippen molar-refractivity contribution in [2.75, 3.05) is 0 Å². The zero-order chi connectivity index (χ0) is 5.28. The van der Waals surface area contributed by atoms with Crippen molar-refractivity contribution in [3.63, 3.8) is 0 Å². The normalized spacial score (nSPS) is 29.3. The van der Waals surface area contributed by atoms with Gasteiger partial charge in [0.2, 0.25) is 0 Å². The van der Waals surface area contributed by atoms with E-state index in [1.165, 1.54) is 6.42 Å². The van der Waals surface area contributed by atoms with E-state index < -0.39 is 0 Å². The zero-order valence-corrected chi connectivity index (χ0v) is 5.12. The smallest absolute Gasteiger partial charge is 0.0878 e.